The van der Waals surface area contributed by atoms with E-state index in [0.717, 1.165) is 4.88 Å². The van der Waals surface area contributed by atoms with Gasteiger partial charge in [0.1, 0.15) is 0 Å². The maximum atomic E-state index is 12.2. The van der Waals surface area contributed by atoms with E-state index in [1.165, 1.54) is 11.3 Å². The fourth-order valence-electron chi connectivity index (χ4n) is 1.53. The molecule has 0 unspecified atom stereocenters. The largest absolute Gasteiger partial charge is 0.315 e. The fraction of sp³-hybridized carbons (Fsp3) is 0.273. The predicted octanol–water partition coefficient (Wildman–Crippen LogP) is 0.736. The molecule has 2 rings (SSSR count). The molecule has 2 N–H and O–H groups in total. The highest BCUT2D eigenvalue weighted by Crippen LogP contribution is 2.21. The molecule has 0 bridgehead atoms. The molecule has 0 atom stereocenters. The summed E-state index contributed by atoms with van der Waals surface area (Å²) in [4.78, 5) is 1.10. The Morgan fingerprint density at radius 2 is 2.16 bits per heavy atom. The summed E-state index contributed by atoms with van der Waals surface area (Å²) in [6.07, 6.45) is 1.54. The summed E-state index contributed by atoms with van der Waals surface area (Å²) in [5, 5.41) is 12.3. The lowest BCUT2D eigenvalue weighted by Gasteiger charge is -2.06. The van der Waals surface area contributed by atoms with Crippen molar-refractivity contribution < 1.29 is 8.42 Å². The average molecular weight is 298 g/mol. The molecule has 0 aliphatic heterocycles. The molecule has 0 spiro atoms. The van der Waals surface area contributed by atoms with E-state index in [2.05, 4.69) is 20.2 Å². The van der Waals surface area contributed by atoms with Gasteiger partial charge in [-0.3, -0.25) is 0 Å². The summed E-state index contributed by atoms with van der Waals surface area (Å²) in [7, 11) is -1.73. The number of aromatic nitrogens is 2. The Balaban J connectivity index is 2.12. The number of thiophene rings is 1. The van der Waals surface area contributed by atoms with E-state index >= 15 is 0 Å². The molecule has 0 radical (unpaired) electrons. The molecule has 0 aromatic carbocycles. The molecule has 0 saturated carbocycles. The molecule has 19 heavy (non-hydrogen) atoms. The molecule has 2 aromatic rings. The van der Waals surface area contributed by atoms with Gasteiger partial charge in [0.2, 0.25) is 10.0 Å². The van der Waals surface area contributed by atoms with Crippen LogP contribution in [0.1, 0.15) is 10.6 Å². The van der Waals surface area contributed by atoms with Gasteiger partial charge in [-0.2, -0.15) is 10.2 Å². The number of sulfonamides is 1. The van der Waals surface area contributed by atoms with Crippen molar-refractivity contribution >= 4 is 21.4 Å². The highest BCUT2D eigenvalue weighted by atomic mass is 32.2. The van der Waals surface area contributed by atoms with Crippen LogP contribution in [0.15, 0.2) is 34.7 Å². The SMILES string of the molecule is CNCc1sccc1S(=O)(=O)NCc1cccnn1. The fourth-order valence-corrected chi connectivity index (χ4v) is 3.98. The molecule has 0 fully saturated rings. The minimum atomic E-state index is -3.52. The van der Waals surface area contributed by atoms with Crippen LogP contribution >= 0.6 is 11.3 Å². The Morgan fingerprint density at radius 1 is 1.32 bits per heavy atom. The highest BCUT2D eigenvalue weighted by Gasteiger charge is 2.19. The van der Waals surface area contributed by atoms with Crippen LogP contribution in [0.5, 0.6) is 0 Å². The third-order valence-electron chi connectivity index (χ3n) is 2.40. The van der Waals surface area contributed by atoms with E-state index in [1.54, 1.807) is 36.8 Å². The molecule has 6 nitrogen and oxygen atoms in total. The van der Waals surface area contributed by atoms with Gasteiger partial charge in [0.05, 0.1) is 17.1 Å². The second-order valence-corrected chi connectivity index (χ2v) is 6.51. The van der Waals surface area contributed by atoms with Crippen molar-refractivity contribution in [1.82, 2.24) is 20.2 Å². The molecule has 102 valence electrons. The summed E-state index contributed by atoms with van der Waals surface area (Å²) in [5.41, 5.74) is 0.580. The summed E-state index contributed by atoms with van der Waals surface area (Å²) in [6, 6.07) is 5.04. The lowest BCUT2D eigenvalue weighted by atomic mass is 10.4. The minimum Gasteiger partial charge on any atom is -0.315 e. The third-order valence-corrected chi connectivity index (χ3v) is 4.94. The van der Waals surface area contributed by atoms with Crippen molar-refractivity contribution in [3.63, 3.8) is 0 Å². The molecule has 2 aromatic heterocycles. The van der Waals surface area contributed by atoms with Crippen molar-refractivity contribution in [2.45, 2.75) is 18.0 Å². The molecule has 8 heteroatoms. The van der Waals surface area contributed by atoms with Gasteiger partial charge >= 0.3 is 0 Å². The normalized spacial score (nSPS) is 11.6. The Bertz CT molecular complexity index is 625. The number of nitrogens with one attached hydrogen (secondary N) is 2. The number of hydrogen-bond donors (Lipinski definition) is 2. The molecular formula is C11H14N4O2S2. The first-order valence-electron chi connectivity index (χ1n) is 5.60. The molecule has 0 amide bonds. The van der Waals surface area contributed by atoms with Gasteiger partial charge in [-0.1, -0.05) is 0 Å². The highest BCUT2D eigenvalue weighted by molar-refractivity contribution is 7.89. The van der Waals surface area contributed by atoms with E-state index in [1.807, 2.05) is 0 Å². The van der Waals surface area contributed by atoms with Crippen LogP contribution in [0.4, 0.5) is 0 Å². The summed E-state index contributed by atoms with van der Waals surface area (Å²) in [5.74, 6) is 0. The quantitative estimate of drug-likeness (QED) is 0.821. The number of hydrogen-bond acceptors (Lipinski definition) is 6. The van der Waals surface area contributed by atoms with Gasteiger partial charge in [0.15, 0.2) is 0 Å². The van der Waals surface area contributed by atoms with Gasteiger partial charge < -0.3 is 5.32 Å². The first kappa shape index (κ1) is 14.1. The van der Waals surface area contributed by atoms with Gasteiger partial charge in [0.25, 0.3) is 0 Å². The maximum absolute atomic E-state index is 12.2. The summed E-state index contributed by atoms with van der Waals surface area (Å²) >= 11 is 1.41. The smallest absolute Gasteiger partial charge is 0.242 e. The van der Waals surface area contributed by atoms with Crippen LogP contribution in [-0.2, 0) is 23.1 Å². The van der Waals surface area contributed by atoms with Gasteiger partial charge in [-0.05, 0) is 30.6 Å². The van der Waals surface area contributed by atoms with E-state index in [0.29, 0.717) is 17.1 Å². The second-order valence-electron chi connectivity index (χ2n) is 3.78. The lowest BCUT2D eigenvalue weighted by molar-refractivity contribution is 0.579. The van der Waals surface area contributed by atoms with E-state index in [4.69, 9.17) is 0 Å². The Kier molecular flexibility index (Phi) is 4.59. The van der Waals surface area contributed by atoms with Crippen LogP contribution in [0, 0.1) is 0 Å². The maximum Gasteiger partial charge on any atom is 0.242 e. The van der Waals surface area contributed by atoms with Crippen LogP contribution in [-0.4, -0.2) is 25.7 Å². The van der Waals surface area contributed by atoms with Crippen LogP contribution in [0.25, 0.3) is 0 Å². The standard InChI is InChI=1S/C11H14N4O2S2/c1-12-8-10-11(4-6-18-10)19(16,17)14-7-9-3-2-5-13-15-9/h2-6,12,14H,7-8H2,1H3. The molecule has 0 aliphatic carbocycles. The van der Waals surface area contributed by atoms with E-state index in [9.17, 15) is 8.42 Å². The number of nitrogens with zero attached hydrogens (tertiary/aromatic N) is 2. The zero-order chi connectivity index (χ0) is 13.7. The van der Waals surface area contributed by atoms with Gasteiger partial charge in [-0.25, -0.2) is 13.1 Å². The summed E-state index contributed by atoms with van der Waals surface area (Å²) < 4.78 is 26.9. The van der Waals surface area contributed by atoms with Gasteiger partial charge in [0, 0.05) is 17.6 Å². The molecule has 0 aliphatic rings. The lowest BCUT2D eigenvalue weighted by Crippen LogP contribution is -2.24. The Labute approximate surface area is 115 Å². The topological polar surface area (TPSA) is 84.0 Å². The van der Waals surface area contributed by atoms with Crippen LogP contribution in [0.2, 0.25) is 0 Å². The van der Waals surface area contributed by atoms with Crippen molar-refractivity contribution in [2.75, 3.05) is 7.05 Å². The Hall–Kier alpha value is -1.35. The molecule has 2 heterocycles. The first-order chi connectivity index (χ1) is 9.13. The van der Waals surface area contributed by atoms with Crippen LogP contribution < -0.4 is 10.0 Å². The van der Waals surface area contributed by atoms with Crippen molar-refractivity contribution in [1.29, 1.82) is 0 Å². The van der Waals surface area contributed by atoms with Crippen LogP contribution in [0.3, 0.4) is 0 Å². The van der Waals surface area contributed by atoms with Crippen molar-refractivity contribution in [2.24, 2.45) is 0 Å². The zero-order valence-electron chi connectivity index (χ0n) is 10.3. The minimum absolute atomic E-state index is 0.130. The Morgan fingerprint density at radius 3 is 2.84 bits per heavy atom. The average Bonchev–Trinajstić information content (AvgIpc) is 2.87. The third kappa shape index (κ3) is 3.57. The van der Waals surface area contributed by atoms with E-state index in [-0.39, 0.29) is 6.54 Å². The molecule has 0 saturated heterocycles. The first-order valence-corrected chi connectivity index (χ1v) is 7.97. The predicted molar refractivity (Wildman–Crippen MR) is 73.1 cm³/mol. The van der Waals surface area contributed by atoms with Crippen molar-refractivity contribution in [3.05, 3.63) is 40.3 Å². The van der Waals surface area contributed by atoms with Gasteiger partial charge in [-0.15, -0.1) is 11.3 Å². The number of rotatable bonds is 6. The monoisotopic (exact) mass is 298 g/mol. The summed E-state index contributed by atoms with van der Waals surface area (Å²) in [6.45, 7) is 0.657. The second kappa shape index (κ2) is 6.20. The van der Waals surface area contributed by atoms with E-state index < -0.39 is 10.0 Å². The zero-order valence-corrected chi connectivity index (χ0v) is 12.0. The van der Waals surface area contributed by atoms with Crippen molar-refractivity contribution in [3.8, 4) is 0 Å². The molecular weight excluding hydrogens is 284 g/mol.